The Hall–Kier alpha value is -1.57. The minimum absolute atomic E-state index is 0.0866. The van der Waals surface area contributed by atoms with Gasteiger partial charge in [-0.2, -0.15) is 0 Å². The largest absolute Gasteiger partial charge is 0.392 e. The maximum absolute atomic E-state index is 12.8. The van der Waals surface area contributed by atoms with Gasteiger partial charge in [0.2, 0.25) is 0 Å². The minimum atomic E-state index is 0.0866. The summed E-state index contributed by atoms with van der Waals surface area (Å²) in [5.74, 6) is 2.86. The Labute approximate surface area is 82.3 Å². The quantitative estimate of drug-likeness (QED) is 0.438. The van der Waals surface area contributed by atoms with Gasteiger partial charge in [0.25, 0.3) is 0 Å². The molecule has 0 atom stereocenters. The van der Waals surface area contributed by atoms with Crippen molar-refractivity contribution in [3.63, 3.8) is 0 Å². The van der Waals surface area contributed by atoms with Crippen molar-refractivity contribution in [1.29, 1.82) is 0 Å². The van der Waals surface area contributed by atoms with E-state index in [1.807, 2.05) is 6.07 Å². The summed E-state index contributed by atoms with van der Waals surface area (Å²) in [4.78, 5) is 4.90. The van der Waals surface area contributed by atoms with Gasteiger partial charge < -0.3 is 4.84 Å². The monoisotopic (exact) mass is 194 g/mol. The molecule has 0 fully saturated rings. The fourth-order valence-corrected chi connectivity index (χ4v) is 0.799. The Bertz CT molecular complexity index is 297. The first-order valence-electron chi connectivity index (χ1n) is 4.17. The van der Waals surface area contributed by atoms with Crippen LogP contribution in [0, 0.1) is 12.3 Å². The third kappa shape index (κ3) is 3.90. The topological polar surface area (TPSA) is 24.5 Å². The Kier molecular flexibility index (Phi) is 4.48. The van der Waals surface area contributed by atoms with Gasteiger partial charge in [-0.15, -0.1) is 16.8 Å². The molecule has 1 N–H and O–H groups in total. The van der Waals surface area contributed by atoms with E-state index in [2.05, 4.69) is 11.5 Å². The van der Waals surface area contributed by atoms with Gasteiger partial charge in [-0.05, 0) is 17.4 Å². The number of halogens is 1. The van der Waals surface area contributed by atoms with Crippen molar-refractivity contribution < 1.29 is 9.32 Å². The zero-order valence-electron chi connectivity index (χ0n) is 7.61. The number of para-hydroxylation sites is 1. The Morgan fingerprint density at radius 2 is 2.14 bits per heavy atom. The molecule has 1 aromatic carbocycles. The second kappa shape index (κ2) is 5.97. The molecule has 0 amide bonds. The van der Waals surface area contributed by atoms with Crippen LogP contribution >= 0.6 is 0 Å². The normalized spacial score (nSPS) is 9.79. The molecule has 1 rings (SSSR count). The average Bonchev–Trinajstić information content (AvgIpc) is 2.25. The molecule has 74 valence electrons. The fourth-order valence-electron chi connectivity index (χ4n) is 0.799. The lowest BCUT2D eigenvalue weighted by molar-refractivity contribution is -0.127. The number of nitrogens with one attached hydrogen (secondary N) is 1. The highest BCUT2D eigenvalue weighted by Gasteiger charge is 2.00. The van der Waals surface area contributed by atoms with E-state index in [4.69, 9.17) is 11.3 Å². The standard InChI is InChI=1S/C10H11FN2O/c1-2-3-9-13(11)12-14-10-7-5-4-6-8-10/h1,4-8,12H,3,9H2. The van der Waals surface area contributed by atoms with Crippen LogP contribution in [-0.4, -0.2) is 11.8 Å². The van der Waals surface area contributed by atoms with Gasteiger partial charge in [0.1, 0.15) is 5.75 Å². The number of nitrogens with zero attached hydrogens (tertiary/aromatic N) is 1. The fraction of sp³-hybridized carbons (Fsp3) is 0.200. The van der Waals surface area contributed by atoms with Crippen LogP contribution in [0.15, 0.2) is 30.3 Å². The second-order valence-corrected chi connectivity index (χ2v) is 2.55. The summed E-state index contributed by atoms with van der Waals surface area (Å²) in [6, 6.07) is 8.85. The Morgan fingerprint density at radius 3 is 2.79 bits per heavy atom. The molecule has 0 saturated carbocycles. The van der Waals surface area contributed by atoms with Crippen LogP contribution in [0.3, 0.4) is 0 Å². The number of hydrogen-bond acceptors (Lipinski definition) is 3. The molecule has 14 heavy (non-hydrogen) atoms. The third-order valence-corrected chi connectivity index (χ3v) is 1.46. The molecule has 0 spiro atoms. The third-order valence-electron chi connectivity index (χ3n) is 1.46. The molecule has 4 heteroatoms. The van der Waals surface area contributed by atoms with Crippen LogP contribution in [0.2, 0.25) is 0 Å². The highest BCUT2D eigenvalue weighted by Crippen LogP contribution is 2.06. The summed E-state index contributed by atoms with van der Waals surface area (Å²) in [5, 5.41) is 0.298. The lowest BCUT2D eigenvalue weighted by Crippen LogP contribution is -2.34. The first-order valence-corrected chi connectivity index (χ1v) is 4.17. The molecule has 0 aliphatic heterocycles. The van der Waals surface area contributed by atoms with Gasteiger partial charge in [0, 0.05) is 6.42 Å². The summed E-state index contributed by atoms with van der Waals surface area (Å²) in [5.41, 5.74) is 2.10. The van der Waals surface area contributed by atoms with Crippen molar-refractivity contribution >= 4 is 0 Å². The van der Waals surface area contributed by atoms with Gasteiger partial charge in [-0.1, -0.05) is 23.8 Å². The van der Waals surface area contributed by atoms with Crippen LogP contribution in [0.4, 0.5) is 4.48 Å². The zero-order valence-corrected chi connectivity index (χ0v) is 7.61. The molecule has 0 radical (unpaired) electrons. The number of hydrogen-bond donors (Lipinski definition) is 1. The second-order valence-electron chi connectivity index (χ2n) is 2.55. The van der Waals surface area contributed by atoms with Crippen LogP contribution in [0.5, 0.6) is 5.75 Å². The summed E-state index contributed by atoms with van der Waals surface area (Å²) < 4.78 is 12.8. The SMILES string of the molecule is C#CCCN(F)NOc1ccccc1. The van der Waals surface area contributed by atoms with Crippen molar-refractivity contribution in [3.8, 4) is 18.1 Å². The molecule has 0 heterocycles. The summed E-state index contributed by atoms with van der Waals surface area (Å²) in [7, 11) is 0. The first kappa shape index (κ1) is 10.5. The van der Waals surface area contributed by atoms with E-state index in [-0.39, 0.29) is 6.54 Å². The molecular weight excluding hydrogens is 183 g/mol. The number of hydrazine groups is 1. The van der Waals surface area contributed by atoms with Gasteiger partial charge in [0.15, 0.2) is 0 Å². The highest BCUT2D eigenvalue weighted by molar-refractivity contribution is 5.20. The number of benzene rings is 1. The van der Waals surface area contributed by atoms with Crippen molar-refractivity contribution in [2.45, 2.75) is 6.42 Å². The van der Waals surface area contributed by atoms with E-state index in [1.54, 1.807) is 24.3 Å². The van der Waals surface area contributed by atoms with Gasteiger partial charge in [0.05, 0.1) is 6.54 Å². The van der Waals surface area contributed by atoms with E-state index in [0.29, 0.717) is 17.4 Å². The van der Waals surface area contributed by atoms with Crippen LogP contribution in [0.25, 0.3) is 0 Å². The Balaban J connectivity index is 2.24. The highest BCUT2D eigenvalue weighted by atomic mass is 19.2. The summed E-state index contributed by atoms with van der Waals surface area (Å²) in [6.07, 6.45) is 5.29. The minimum Gasteiger partial charge on any atom is -0.392 e. The smallest absolute Gasteiger partial charge is 0.149 e. The number of terminal acetylenes is 1. The molecule has 0 bridgehead atoms. The van der Waals surface area contributed by atoms with Crippen molar-refractivity contribution in [3.05, 3.63) is 30.3 Å². The average molecular weight is 194 g/mol. The maximum Gasteiger partial charge on any atom is 0.149 e. The van der Waals surface area contributed by atoms with Gasteiger partial charge >= 0.3 is 0 Å². The maximum atomic E-state index is 12.8. The van der Waals surface area contributed by atoms with Gasteiger partial charge in [-0.3, -0.25) is 0 Å². The predicted molar refractivity (Wildman–Crippen MR) is 51.5 cm³/mol. The lowest BCUT2D eigenvalue weighted by Gasteiger charge is -2.11. The van der Waals surface area contributed by atoms with Crippen molar-refractivity contribution in [1.82, 2.24) is 10.8 Å². The van der Waals surface area contributed by atoms with E-state index in [9.17, 15) is 4.48 Å². The molecule has 0 aliphatic rings. The molecule has 0 saturated heterocycles. The molecule has 0 aliphatic carbocycles. The Morgan fingerprint density at radius 1 is 1.43 bits per heavy atom. The van der Waals surface area contributed by atoms with Crippen LogP contribution < -0.4 is 10.4 Å². The number of rotatable bonds is 5. The first-order chi connectivity index (χ1) is 6.83. The zero-order chi connectivity index (χ0) is 10.2. The molecular formula is C10H11FN2O. The predicted octanol–water partition coefficient (Wildman–Crippen LogP) is 1.69. The lowest BCUT2D eigenvalue weighted by atomic mass is 10.3. The molecule has 3 nitrogen and oxygen atoms in total. The van der Waals surface area contributed by atoms with Crippen molar-refractivity contribution in [2.24, 2.45) is 0 Å². The van der Waals surface area contributed by atoms with E-state index in [0.717, 1.165) is 0 Å². The summed E-state index contributed by atoms with van der Waals surface area (Å²) in [6.45, 7) is 0.0866. The van der Waals surface area contributed by atoms with Crippen LogP contribution in [0.1, 0.15) is 6.42 Å². The van der Waals surface area contributed by atoms with E-state index in [1.165, 1.54) is 0 Å². The van der Waals surface area contributed by atoms with Gasteiger partial charge in [-0.25, -0.2) is 0 Å². The van der Waals surface area contributed by atoms with Crippen molar-refractivity contribution in [2.75, 3.05) is 6.54 Å². The molecule has 1 aromatic rings. The molecule has 0 unspecified atom stereocenters. The van der Waals surface area contributed by atoms with E-state index >= 15 is 0 Å². The molecule has 0 aromatic heterocycles. The summed E-state index contributed by atoms with van der Waals surface area (Å²) >= 11 is 0. The van der Waals surface area contributed by atoms with Crippen LogP contribution in [-0.2, 0) is 0 Å². The van der Waals surface area contributed by atoms with E-state index < -0.39 is 0 Å².